The average Bonchev–Trinajstić information content (AvgIpc) is 3.09. The number of allylic oxidation sites excluding steroid dienone is 4. The fraction of sp³-hybridized carbons (Fsp3) is 0.857. The average molecular weight is 383 g/mol. The highest BCUT2D eigenvalue weighted by Crippen LogP contribution is 2.48. The van der Waals surface area contributed by atoms with E-state index < -0.39 is 0 Å². The van der Waals surface area contributed by atoms with E-state index >= 15 is 0 Å². The Labute approximate surface area is 175 Å². The molecule has 0 aromatic carbocycles. The van der Waals surface area contributed by atoms with Crippen LogP contribution in [0.1, 0.15) is 122 Å². The minimum Gasteiger partial charge on any atom is -0.0888 e. The van der Waals surface area contributed by atoms with E-state index in [-0.39, 0.29) is 0 Å². The topological polar surface area (TPSA) is 0 Å². The molecule has 5 atom stereocenters. The fourth-order valence-corrected chi connectivity index (χ4v) is 7.44. The smallest absolute Gasteiger partial charge is 0.0286 e. The minimum absolute atomic E-state index is 1.03. The molecule has 28 heavy (non-hydrogen) atoms. The third kappa shape index (κ3) is 5.34. The molecular weight excluding hydrogens is 336 g/mol. The number of hydrogen-bond acceptors (Lipinski definition) is 0. The molecule has 0 bridgehead atoms. The van der Waals surface area contributed by atoms with Crippen molar-refractivity contribution in [1.82, 2.24) is 0 Å². The Morgan fingerprint density at radius 1 is 0.679 bits per heavy atom. The van der Waals surface area contributed by atoms with Gasteiger partial charge in [-0.25, -0.2) is 0 Å². The van der Waals surface area contributed by atoms with E-state index in [1.807, 2.05) is 11.1 Å². The van der Waals surface area contributed by atoms with Gasteiger partial charge in [-0.15, -0.1) is 0 Å². The fourth-order valence-electron chi connectivity index (χ4n) is 7.44. The Hall–Kier alpha value is -0.520. The van der Waals surface area contributed by atoms with E-state index in [2.05, 4.69) is 19.1 Å². The lowest BCUT2D eigenvalue weighted by atomic mass is 9.71. The molecule has 2 saturated carbocycles. The molecule has 0 spiro atoms. The zero-order valence-corrected chi connectivity index (χ0v) is 18.8. The van der Waals surface area contributed by atoms with Gasteiger partial charge >= 0.3 is 0 Å². The van der Waals surface area contributed by atoms with Gasteiger partial charge in [0.25, 0.3) is 0 Å². The quantitative estimate of drug-likeness (QED) is 0.416. The molecule has 0 radical (unpaired) electrons. The minimum atomic E-state index is 1.03. The van der Waals surface area contributed by atoms with Crippen molar-refractivity contribution in [1.29, 1.82) is 0 Å². The third-order valence-corrected chi connectivity index (χ3v) is 9.16. The second kappa shape index (κ2) is 10.5. The first-order valence-electron chi connectivity index (χ1n) is 13.2. The molecule has 0 saturated heterocycles. The lowest BCUT2D eigenvalue weighted by Gasteiger charge is -2.35. The first-order chi connectivity index (χ1) is 13.8. The molecular formula is C28H46. The van der Waals surface area contributed by atoms with Crippen LogP contribution < -0.4 is 0 Å². The molecule has 4 rings (SSSR count). The Morgan fingerprint density at radius 3 is 2.21 bits per heavy atom. The summed E-state index contributed by atoms with van der Waals surface area (Å²) in [6, 6.07) is 0. The largest absolute Gasteiger partial charge is 0.0888 e. The van der Waals surface area contributed by atoms with Crippen LogP contribution in [-0.4, -0.2) is 0 Å². The van der Waals surface area contributed by atoms with Gasteiger partial charge in [0.1, 0.15) is 0 Å². The van der Waals surface area contributed by atoms with Gasteiger partial charge in [-0.1, -0.05) is 43.1 Å². The molecule has 4 aliphatic carbocycles. The maximum absolute atomic E-state index is 2.44. The summed E-state index contributed by atoms with van der Waals surface area (Å²) in [6.07, 6.45) is 31.6. The summed E-state index contributed by atoms with van der Waals surface area (Å²) < 4.78 is 0. The molecule has 0 heterocycles. The van der Waals surface area contributed by atoms with Crippen LogP contribution in [0, 0.1) is 29.6 Å². The monoisotopic (exact) mass is 382 g/mol. The zero-order valence-electron chi connectivity index (χ0n) is 18.8. The van der Waals surface area contributed by atoms with Crippen molar-refractivity contribution in [2.45, 2.75) is 122 Å². The van der Waals surface area contributed by atoms with Crippen LogP contribution in [0.4, 0.5) is 0 Å². The van der Waals surface area contributed by atoms with Gasteiger partial charge in [0.15, 0.2) is 0 Å². The first-order valence-corrected chi connectivity index (χ1v) is 13.2. The lowest BCUT2D eigenvalue weighted by molar-refractivity contribution is 0.164. The van der Waals surface area contributed by atoms with Crippen molar-refractivity contribution in [2.24, 2.45) is 29.6 Å². The summed E-state index contributed by atoms with van der Waals surface area (Å²) in [4.78, 5) is 0. The molecule has 0 N–H and O–H groups in total. The summed E-state index contributed by atoms with van der Waals surface area (Å²) in [5, 5.41) is 0. The van der Waals surface area contributed by atoms with E-state index in [4.69, 9.17) is 0 Å². The van der Waals surface area contributed by atoms with Gasteiger partial charge in [-0.05, 0) is 132 Å². The number of hydrogen-bond donors (Lipinski definition) is 0. The van der Waals surface area contributed by atoms with Crippen molar-refractivity contribution >= 4 is 0 Å². The number of rotatable bonds is 5. The SMILES string of the molecule is CCC=CCCC1CCC2CCC(C3CCC4=C(CCCCC4)C3)CCC2C1. The van der Waals surface area contributed by atoms with Gasteiger partial charge in [-0.2, -0.15) is 0 Å². The maximum Gasteiger partial charge on any atom is -0.0286 e. The Balaban J connectivity index is 1.28. The first kappa shape index (κ1) is 20.7. The maximum atomic E-state index is 2.44. The van der Waals surface area contributed by atoms with E-state index in [9.17, 15) is 0 Å². The third-order valence-electron chi connectivity index (χ3n) is 9.16. The molecule has 158 valence electrons. The normalized spacial score (nSPS) is 37.2. The molecule has 0 heteroatoms. The van der Waals surface area contributed by atoms with Crippen LogP contribution in [0.25, 0.3) is 0 Å². The van der Waals surface area contributed by atoms with Crippen LogP contribution in [0.5, 0.6) is 0 Å². The van der Waals surface area contributed by atoms with Crippen LogP contribution in [0.2, 0.25) is 0 Å². The Morgan fingerprint density at radius 2 is 1.39 bits per heavy atom. The van der Waals surface area contributed by atoms with Crippen molar-refractivity contribution in [2.75, 3.05) is 0 Å². The summed E-state index contributed by atoms with van der Waals surface area (Å²) in [5.74, 6) is 5.31. The molecule has 0 amide bonds. The van der Waals surface area contributed by atoms with Gasteiger partial charge in [-0.3, -0.25) is 0 Å². The van der Waals surface area contributed by atoms with E-state index in [1.54, 1.807) is 38.5 Å². The summed E-state index contributed by atoms with van der Waals surface area (Å²) >= 11 is 0. The summed E-state index contributed by atoms with van der Waals surface area (Å²) in [6.45, 7) is 2.25. The molecule has 0 aliphatic heterocycles. The standard InChI is InChI=1S/C28H46/c1-2-3-4-6-9-22-12-13-24-14-15-25(17-18-27(24)20-22)28-19-16-23-10-7-5-8-11-26(23)21-28/h3-4,22,24-25,27-28H,2,5-21H2,1H3. The molecule has 0 aromatic rings. The summed E-state index contributed by atoms with van der Waals surface area (Å²) in [7, 11) is 0. The predicted molar refractivity (Wildman–Crippen MR) is 122 cm³/mol. The van der Waals surface area contributed by atoms with Gasteiger partial charge in [0.05, 0.1) is 0 Å². The summed E-state index contributed by atoms with van der Waals surface area (Å²) in [5.41, 5.74) is 3.85. The second-order valence-corrected chi connectivity index (χ2v) is 10.8. The van der Waals surface area contributed by atoms with Crippen LogP contribution >= 0.6 is 0 Å². The van der Waals surface area contributed by atoms with Crippen LogP contribution in [-0.2, 0) is 0 Å². The van der Waals surface area contributed by atoms with E-state index in [0.717, 1.165) is 29.6 Å². The number of fused-ring (bicyclic) bond motifs is 1. The van der Waals surface area contributed by atoms with Gasteiger partial charge in [0, 0.05) is 0 Å². The highest BCUT2D eigenvalue weighted by molar-refractivity contribution is 5.19. The van der Waals surface area contributed by atoms with E-state index in [0.29, 0.717) is 0 Å². The van der Waals surface area contributed by atoms with Crippen molar-refractivity contribution in [3.05, 3.63) is 23.3 Å². The van der Waals surface area contributed by atoms with Crippen molar-refractivity contribution < 1.29 is 0 Å². The highest BCUT2D eigenvalue weighted by atomic mass is 14.4. The zero-order chi connectivity index (χ0) is 19.2. The molecule has 5 unspecified atom stereocenters. The molecule has 2 fully saturated rings. The van der Waals surface area contributed by atoms with Crippen LogP contribution in [0.3, 0.4) is 0 Å². The van der Waals surface area contributed by atoms with Gasteiger partial charge < -0.3 is 0 Å². The molecule has 0 aromatic heterocycles. The van der Waals surface area contributed by atoms with Crippen molar-refractivity contribution in [3.63, 3.8) is 0 Å². The Kier molecular flexibility index (Phi) is 7.77. The second-order valence-electron chi connectivity index (χ2n) is 10.8. The highest BCUT2D eigenvalue weighted by Gasteiger charge is 2.36. The van der Waals surface area contributed by atoms with E-state index in [1.165, 1.54) is 77.0 Å². The molecule has 4 aliphatic rings. The van der Waals surface area contributed by atoms with Crippen molar-refractivity contribution in [3.8, 4) is 0 Å². The van der Waals surface area contributed by atoms with Crippen LogP contribution in [0.15, 0.2) is 23.3 Å². The predicted octanol–water partition coefficient (Wildman–Crippen LogP) is 9.02. The lowest BCUT2D eigenvalue weighted by Crippen LogP contribution is -2.24. The Bertz CT molecular complexity index is 538. The molecule has 0 nitrogen and oxygen atoms in total. The van der Waals surface area contributed by atoms with Gasteiger partial charge in [0.2, 0.25) is 0 Å².